The van der Waals surface area contributed by atoms with Crippen molar-refractivity contribution in [3.05, 3.63) is 40.0 Å². The van der Waals surface area contributed by atoms with Gasteiger partial charge in [0.05, 0.1) is 5.69 Å². The lowest BCUT2D eigenvalue weighted by molar-refractivity contribution is -0.136. The minimum Gasteiger partial charge on any atom is -0.481 e. The largest absolute Gasteiger partial charge is 0.481 e. The lowest BCUT2D eigenvalue weighted by atomic mass is 10.0. The quantitative estimate of drug-likeness (QED) is 0.939. The molecule has 0 saturated carbocycles. The fourth-order valence-electron chi connectivity index (χ4n) is 1.74. The molecule has 4 nitrogen and oxygen atoms in total. The van der Waals surface area contributed by atoms with Crippen molar-refractivity contribution in [2.45, 2.75) is 19.8 Å². The Morgan fingerprint density at radius 3 is 2.67 bits per heavy atom. The van der Waals surface area contributed by atoms with Crippen LogP contribution < -0.4 is 0 Å². The molecule has 0 amide bonds. The van der Waals surface area contributed by atoms with Gasteiger partial charge in [-0.25, -0.2) is 0 Å². The number of carbonyl (C=O) groups is 1. The topological polar surface area (TPSA) is 63.3 Å². The molecule has 2 rings (SSSR count). The first kappa shape index (κ1) is 12.8. The van der Waals surface area contributed by atoms with E-state index >= 15 is 0 Å². The zero-order chi connectivity index (χ0) is 13.1. The summed E-state index contributed by atoms with van der Waals surface area (Å²) in [6, 6.07) is 7.64. The predicted octanol–water partition coefficient (Wildman–Crippen LogP) is 3.43. The number of aliphatic carboxylic acids is 1. The summed E-state index contributed by atoms with van der Waals surface area (Å²) in [7, 11) is 0. The molecule has 0 aliphatic carbocycles. The second-order valence-corrected chi connectivity index (χ2v) is 4.89. The van der Waals surface area contributed by atoms with Gasteiger partial charge in [0.2, 0.25) is 0 Å². The van der Waals surface area contributed by atoms with E-state index in [-0.39, 0.29) is 6.42 Å². The molecule has 0 atom stereocenters. The van der Waals surface area contributed by atoms with Crippen LogP contribution in [0.1, 0.15) is 17.7 Å². The summed E-state index contributed by atoms with van der Waals surface area (Å²) < 4.78 is 6.28. The van der Waals surface area contributed by atoms with Gasteiger partial charge in [-0.05, 0) is 25.5 Å². The van der Waals surface area contributed by atoms with E-state index < -0.39 is 5.97 Å². The van der Waals surface area contributed by atoms with Crippen LogP contribution in [0.15, 0.2) is 33.3 Å². The van der Waals surface area contributed by atoms with E-state index in [0.29, 0.717) is 12.2 Å². The van der Waals surface area contributed by atoms with Crippen LogP contribution >= 0.6 is 15.9 Å². The number of nitrogens with zero attached hydrogens (tertiary/aromatic N) is 1. The summed E-state index contributed by atoms with van der Waals surface area (Å²) >= 11 is 3.37. The maximum absolute atomic E-state index is 10.6. The summed E-state index contributed by atoms with van der Waals surface area (Å²) in [5.74, 6) is -0.168. The molecule has 0 bridgehead atoms. The third-order valence-corrected chi connectivity index (χ3v) is 3.21. The number of hydrogen-bond donors (Lipinski definition) is 1. The molecule has 5 heteroatoms. The number of carboxylic acid groups (broad SMARTS) is 1. The first-order valence-corrected chi connectivity index (χ1v) is 6.30. The maximum Gasteiger partial charge on any atom is 0.303 e. The fourth-order valence-corrected chi connectivity index (χ4v) is 2.01. The molecule has 18 heavy (non-hydrogen) atoms. The normalized spacial score (nSPS) is 10.6. The molecule has 2 aromatic rings. The third-order valence-electron chi connectivity index (χ3n) is 2.68. The number of rotatable bonds is 4. The van der Waals surface area contributed by atoms with Crippen molar-refractivity contribution in [1.29, 1.82) is 0 Å². The first-order valence-electron chi connectivity index (χ1n) is 5.51. The minimum absolute atomic E-state index is 0.0750. The van der Waals surface area contributed by atoms with Crippen LogP contribution in [-0.4, -0.2) is 16.2 Å². The van der Waals surface area contributed by atoms with Crippen LogP contribution in [0.4, 0.5) is 0 Å². The average Bonchev–Trinajstić information content (AvgIpc) is 2.69. The third kappa shape index (κ3) is 2.79. The summed E-state index contributed by atoms with van der Waals surface area (Å²) in [6.45, 7) is 1.82. The van der Waals surface area contributed by atoms with Crippen LogP contribution in [0, 0.1) is 6.92 Å². The molecule has 0 radical (unpaired) electrons. The summed E-state index contributed by atoms with van der Waals surface area (Å²) in [5, 5.41) is 12.7. The smallest absolute Gasteiger partial charge is 0.303 e. The van der Waals surface area contributed by atoms with Crippen LogP contribution in [0.3, 0.4) is 0 Å². The number of benzene rings is 1. The van der Waals surface area contributed by atoms with Gasteiger partial charge in [-0.3, -0.25) is 4.79 Å². The van der Waals surface area contributed by atoms with Crippen molar-refractivity contribution >= 4 is 21.9 Å². The molecular formula is C13H12BrNO3. The molecule has 0 unspecified atom stereocenters. The fraction of sp³-hybridized carbons (Fsp3) is 0.231. The van der Waals surface area contributed by atoms with Gasteiger partial charge in [-0.2, -0.15) is 0 Å². The van der Waals surface area contributed by atoms with Gasteiger partial charge >= 0.3 is 5.97 Å². The van der Waals surface area contributed by atoms with Crippen molar-refractivity contribution in [2.24, 2.45) is 0 Å². The second-order valence-electron chi connectivity index (χ2n) is 3.98. The Labute approximate surface area is 113 Å². The van der Waals surface area contributed by atoms with Crippen molar-refractivity contribution in [1.82, 2.24) is 5.16 Å². The highest BCUT2D eigenvalue weighted by Gasteiger charge is 2.15. The van der Waals surface area contributed by atoms with Crippen LogP contribution in [0.2, 0.25) is 0 Å². The molecule has 1 heterocycles. The summed E-state index contributed by atoms with van der Waals surface area (Å²) in [4.78, 5) is 10.6. The molecule has 0 aliphatic rings. The summed E-state index contributed by atoms with van der Waals surface area (Å²) in [5.41, 5.74) is 2.51. The van der Waals surface area contributed by atoms with Gasteiger partial charge in [0.1, 0.15) is 0 Å². The van der Waals surface area contributed by atoms with Gasteiger partial charge in [-0.15, -0.1) is 0 Å². The molecule has 1 aromatic carbocycles. The number of halogens is 1. The monoisotopic (exact) mass is 309 g/mol. The van der Waals surface area contributed by atoms with Crippen molar-refractivity contribution in [3.8, 4) is 11.3 Å². The Kier molecular flexibility index (Phi) is 3.81. The van der Waals surface area contributed by atoms with Gasteiger partial charge < -0.3 is 9.63 Å². The van der Waals surface area contributed by atoms with E-state index in [9.17, 15) is 4.79 Å². The molecule has 94 valence electrons. The average molecular weight is 310 g/mol. The van der Waals surface area contributed by atoms with Gasteiger partial charge in [0.25, 0.3) is 0 Å². The number of hydrogen-bond acceptors (Lipinski definition) is 3. The molecule has 0 aliphatic heterocycles. The second kappa shape index (κ2) is 5.35. The molecule has 1 aromatic heterocycles. The van der Waals surface area contributed by atoms with Crippen molar-refractivity contribution in [2.75, 3.05) is 0 Å². The molecular weight excluding hydrogens is 298 g/mol. The zero-order valence-electron chi connectivity index (χ0n) is 9.81. The number of carboxylic acids is 1. The summed E-state index contributed by atoms with van der Waals surface area (Å²) in [6.07, 6.45) is 0.502. The van der Waals surface area contributed by atoms with Gasteiger partial charge in [0.15, 0.2) is 5.76 Å². The highest BCUT2D eigenvalue weighted by molar-refractivity contribution is 9.10. The van der Waals surface area contributed by atoms with Crippen LogP contribution in [0.5, 0.6) is 0 Å². The van der Waals surface area contributed by atoms with E-state index in [0.717, 1.165) is 21.3 Å². The standard InChI is InChI=1S/C13H12BrNO3/c1-8-11(6-7-12(16)17)13(18-15-8)9-2-4-10(14)5-3-9/h2-5H,6-7H2,1H3,(H,16,17). The Morgan fingerprint density at radius 1 is 1.39 bits per heavy atom. The maximum atomic E-state index is 10.6. The zero-order valence-corrected chi connectivity index (χ0v) is 11.4. The Bertz CT molecular complexity index is 560. The molecule has 0 saturated heterocycles. The number of aryl methyl sites for hydroxylation is 1. The van der Waals surface area contributed by atoms with Crippen LogP contribution in [0.25, 0.3) is 11.3 Å². The van der Waals surface area contributed by atoms with Crippen LogP contribution in [-0.2, 0) is 11.2 Å². The first-order chi connectivity index (χ1) is 8.58. The van der Waals surface area contributed by atoms with E-state index in [1.807, 2.05) is 31.2 Å². The lowest BCUT2D eigenvalue weighted by Crippen LogP contribution is -1.98. The Balaban J connectivity index is 2.33. The molecule has 0 fully saturated rings. The van der Waals surface area contributed by atoms with Gasteiger partial charge in [0, 0.05) is 22.0 Å². The lowest BCUT2D eigenvalue weighted by Gasteiger charge is -2.01. The highest BCUT2D eigenvalue weighted by atomic mass is 79.9. The van der Waals surface area contributed by atoms with Crippen molar-refractivity contribution in [3.63, 3.8) is 0 Å². The Hall–Kier alpha value is -1.62. The highest BCUT2D eigenvalue weighted by Crippen LogP contribution is 2.28. The van der Waals surface area contributed by atoms with E-state index in [4.69, 9.17) is 9.63 Å². The van der Waals surface area contributed by atoms with Gasteiger partial charge in [-0.1, -0.05) is 33.2 Å². The van der Waals surface area contributed by atoms with E-state index in [1.54, 1.807) is 0 Å². The van der Waals surface area contributed by atoms with E-state index in [2.05, 4.69) is 21.1 Å². The van der Waals surface area contributed by atoms with Crippen molar-refractivity contribution < 1.29 is 14.4 Å². The minimum atomic E-state index is -0.822. The SMILES string of the molecule is Cc1noc(-c2ccc(Br)cc2)c1CCC(=O)O. The Morgan fingerprint density at radius 2 is 2.06 bits per heavy atom. The number of aromatic nitrogens is 1. The van der Waals surface area contributed by atoms with E-state index in [1.165, 1.54) is 0 Å². The molecule has 1 N–H and O–H groups in total. The predicted molar refractivity (Wildman–Crippen MR) is 70.3 cm³/mol. The molecule has 0 spiro atoms.